The molecule has 1 aliphatic heterocycles. The van der Waals surface area contributed by atoms with Crippen molar-refractivity contribution in [3.8, 4) is 28.4 Å². The summed E-state index contributed by atoms with van der Waals surface area (Å²) in [7, 11) is 3.25. The number of ether oxygens (including phenoxy) is 2. The number of carbonyl (C=O) groups excluding carboxylic acids is 2. The maximum absolute atomic E-state index is 13.8. The van der Waals surface area contributed by atoms with Crippen molar-refractivity contribution < 1.29 is 19.1 Å². The molecule has 1 aromatic heterocycles. The number of rotatable bonds is 6. The third kappa shape index (κ3) is 4.87. The first-order valence-corrected chi connectivity index (χ1v) is 12.6. The standard InChI is InChI=1S/C31H31N3O4/c1-22-28(21-29(23-8-5-4-6-9-23)34(22)25-10-7-11-27(20-25)38-3)31(36)33-18-16-32(17-19-33)30(35)24-12-14-26(37-2)15-13-24/h4-15,20-21H,16-19H2,1-3H3. The summed E-state index contributed by atoms with van der Waals surface area (Å²) in [6.07, 6.45) is 0. The lowest BCUT2D eigenvalue weighted by molar-refractivity contribution is 0.0535. The number of amides is 2. The van der Waals surface area contributed by atoms with Gasteiger partial charge in [-0.1, -0.05) is 36.4 Å². The van der Waals surface area contributed by atoms with Crippen LogP contribution in [0.15, 0.2) is 84.9 Å². The average molecular weight is 510 g/mol. The molecule has 7 heteroatoms. The van der Waals surface area contributed by atoms with Crippen molar-refractivity contribution in [2.24, 2.45) is 0 Å². The van der Waals surface area contributed by atoms with Crippen molar-refractivity contribution in [3.63, 3.8) is 0 Å². The molecule has 1 aliphatic rings. The summed E-state index contributed by atoms with van der Waals surface area (Å²) in [5, 5.41) is 0. The molecule has 4 aromatic rings. The molecule has 0 radical (unpaired) electrons. The van der Waals surface area contributed by atoms with Gasteiger partial charge in [0.15, 0.2) is 0 Å². The van der Waals surface area contributed by atoms with Gasteiger partial charge in [0.1, 0.15) is 11.5 Å². The molecule has 3 aromatic carbocycles. The number of hydrogen-bond acceptors (Lipinski definition) is 4. The lowest BCUT2D eigenvalue weighted by Crippen LogP contribution is -2.50. The summed E-state index contributed by atoms with van der Waals surface area (Å²) in [6, 6.07) is 27.0. The normalized spacial score (nSPS) is 13.3. The van der Waals surface area contributed by atoms with Crippen LogP contribution in [-0.4, -0.2) is 66.6 Å². The Morgan fingerprint density at radius 2 is 1.32 bits per heavy atom. The Bertz CT molecular complexity index is 1440. The predicted molar refractivity (Wildman–Crippen MR) is 147 cm³/mol. The molecule has 0 aliphatic carbocycles. The molecular formula is C31H31N3O4. The van der Waals surface area contributed by atoms with Crippen molar-refractivity contribution in [1.82, 2.24) is 14.4 Å². The van der Waals surface area contributed by atoms with E-state index in [1.165, 1.54) is 0 Å². The van der Waals surface area contributed by atoms with E-state index in [9.17, 15) is 9.59 Å². The highest BCUT2D eigenvalue weighted by atomic mass is 16.5. The van der Waals surface area contributed by atoms with Crippen molar-refractivity contribution in [3.05, 3.63) is 102 Å². The molecule has 1 fully saturated rings. The van der Waals surface area contributed by atoms with E-state index in [2.05, 4.69) is 4.57 Å². The number of nitrogens with zero attached hydrogens (tertiary/aromatic N) is 3. The minimum atomic E-state index is -0.0357. The summed E-state index contributed by atoms with van der Waals surface area (Å²) < 4.78 is 12.8. The summed E-state index contributed by atoms with van der Waals surface area (Å²) >= 11 is 0. The molecule has 0 bridgehead atoms. The molecule has 2 amide bonds. The monoisotopic (exact) mass is 509 g/mol. The Labute approximate surface area is 222 Å². The molecular weight excluding hydrogens is 478 g/mol. The summed E-state index contributed by atoms with van der Waals surface area (Å²) in [4.78, 5) is 30.4. The van der Waals surface area contributed by atoms with Crippen molar-refractivity contribution in [2.45, 2.75) is 6.92 Å². The van der Waals surface area contributed by atoms with E-state index in [4.69, 9.17) is 9.47 Å². The smallest absolute Gasteiger partial charge is 0.255 e. The molecule has 0 unspecified atom stereocenters. The van der Waals surface area contributed by atoms with E-state index in [-0.39, 0.29) is 11.8 Å². The van der Waals surface area contributed by atoms with Crippen molar-refractivity contribution >= 4 is 11.8 Å². The van der Waals surface area contributed by atoms with Gasteiger partial charge in [0.2, 0.25) is 0 Å². The van der Waals surface area contributed by atoms with Crippen LogP contribution in [0.2, 0.25) is 0 Å². The Morgan fingerprint density at radius 1 is 0.684 bits per heavy atom. The lowest BCUT2D eigenvalue weighted by atomic mass is 10.1. The topological polar surface area (TPSA) is 64.0 Å². The minimum absolute atomic E-state index is 0.0297. The van der Waals surface area contributed by atoms with Crippen LogP contribution < -0.4 is 9.47 Å². The summed E-state index contributed by atoms with van der Waals surface area (Å²) in [5.74, 6) is 1.40. The fourth-order valence-electron chi connectivity index (χ4n) is 4.93. The first-order valence-electron chi connectivity index (χ1n) is 12.6. The second-order valence-corrected chi connectivity index (χ2v) is 9.24. The van der Waals surface area contributed by atoms with Crippen LogP contribution in [0.1, 0.15) is 26.4 Å². The first kappa shape index (κ1) is 25.1. The third-order valence-electron chi connectivity index (χ3n) is 7.05. The van der Waals surface area contributed by atoms with Crippen LogP contribution in [0.5, 0.6) is 11.5 Å². The molecule has 194 valence electrons. The number of hydrogen-bond donors (Lipinski definition) is 0. The zero-order valence-corrected chi connectivity index (χ0v) is 21.9. The molecule has 0 N–H and O–H groups in total. The van der Waals surface area contributed by atoms with Crippen molar-refractivity contribution in [2.75, 3.05) is 40.4 Å². The van der Waals surface area contributed by atoms with E-state index >= 15 is 0 Å². The Morgan fingerprint density at radius 3 is 1.95 bits per heavy atom. The maximum Gasteiger partial charge on any atom is 0.255 e. The SMILES string of the molecule is COc1ccc(C(=O)N2CCN(C(=O)c3cc(-c4ccccc4)n(-c4cccc(OC)c4)c3C)CC2)cc1. The van der Waals surface area contributed by atoms with Crippen LogP contribution >= 0.6 is 0 Å². The predicted octanol–water partition coefficient (Wildman–Crippen LogP) is 5.07. The van der Waals surface area contributed by atoms with Gasteiger partial charge in [0.05, 0.1) is 25.5 Å². The average Bonchev–Trinajstić information content (AvgIpc) is 3.33. The molecule has 5 rings (SSSR count). The van der Waals surface area contributed by atoms with Crippen LogP contribution in [-0.2, 0) is 0 Å². The third-order valence-corrected chi connectivity index (χ3v) is 7.05. The largest absolute Gasteiger partial charge is 0.497 e. The first-order chi connectivity index (χ1) is 18.5. The zero-order chi connectivity index (χ0) is 26.6. The van der Waals surface area contributed by atoms with Gasteiger partial charge >= 0.3 is 0 Å². The molecule has 38 heavy (non-hydrogen) atoms. The van der Waals surface area contributed by atoms with Crippen LogP contribution in [0, 0.1) is 6.92 Å². The zero-order valence-electron chi connectivity index (χ0n) is 21.9. The quantitative estimate of drug-likeness (QED) is 0.364. The lowest BCUT2D eigenvalue weighted by Gasteiger charge is -2.35. The van der Waals surface area contributed by atoms with Crippen LogP contribution in [0.25, 0.3) is 16.9 Å². The van der Waals surface area contributed by atoms with Gasteiger partial charge in [0, 0.05) is 49.2 Å². The fraction of sp³-hybridized carbons (Fsp3) is 0.226. The Kier molecular flexibility index (Phi) is 7.18. The highest BCUT2D eigenvalue weighted by molar-refractivity contribution is 5.98. The maximum atomic E-state index is 13.8. The Balaban J connectivity index is 1.39. The van der Waals surface area contributed by atoms with Crippen LogP contribution in [0.4, 0.5) is 0 Å². The summed E-state index contributed by atoms with van der Waals surface area (Å²) in [5.41, 5.74) is 5.01. The van der Waals surface area contributed by atoms with E-state index in [0.717, 1.165) is 28.4 Å². The molecule has 0 spiro atoms. The van der Waals surface area contributed by atoms with E-state index in [1.54, 1.807) is 43.4 Å². The van der Waals surface area contributed by atoms with Gasteiger partial charge in [0.25, 0.3) is 11.8 Å². The van der Waals surface area contributed by atoms with Gasteiger partial charge in [-0.25, -0.2) is 0 Å². The number of aromatic nitrogens is 1. The van der Waals surface area contributed by atoms with Gasteiger partial charge in [-0.3, -0.25) is 9.59 Å². The fourth-order valence-corrected chi connectivity index (χ4v) is 4.93. The number of methoxy groups -OCH3 is 2. The number of carbonyl (C=O) groups is 2. The number of piperazine rings is 1. The number of benzene rings is 3. The Hall–Kier alpha value is -4.52. The second-order valence-electron chi connectivity index (χ2n) is 9.24. The molecule has 7 nitrogen and oxygen atoms in total. The highest BCUT2D eigenvalue weighted by Gasteiger charge is 2.28. The highest BCUT2D eigenvalue weighted by Crippen LogP contribution is 2.31. The van der Waals surface area contributed by atoms with E-state index in [1.807, 2.05) is 72.5 Å². The molecule has 2 heterocycles. The van der Waals surface area contributed by atoms with E-state index in [0.29, 0.717) is 43.1 Å². The van der Waals surface area contributed by atoms with Gasteiger partial charge < -0.3 is 23.8 Å². The minimum Gasteiger partial charge on any atom is -0.497 e. The van der Waals surface area contributed by atoms with Gasteiger partial charge in [-0.05, 0) is 55.0 Å². The second kappa shape index (κ2) is 10.8. The molecule has 0 saturated carbocycles. The van der Waals surface area contributed by atoms with Gasteiger partial charge in [-0.2, -0.15) is 0 Å². The van der Waals surface area contributed by atoms with Gasteiger partial charge in [-0.15, -0.1) is 0 Å². The van der Waals surface area contributed by atoms with E-state index < -0.39 is 0 Å². The molecule has 1 saturated heterocycles. The van der Waals surface area contributed by atoms with Crippen molar-refractivity contribution in [1.29, 1.82) is 0 Å². The molecule has 0 atom stereocenters. The summed E-state index contributed by atoms with van der Waals surface area (Å²) in [6.45, 7) is 3.90. The van der Waals surface area contributed by atoms with Crippen LogP contribution in [0.3, 0.4) is 0 Å².